The van der Waals surface area contributed by atoms with Gasteiger partial charge < -0.3 is 10.5 Å². The van der Waals surface area contributed by atoms with Crippen LogP contribution in [0, 0.1) is 5.82 Å². The fourth-order valence-electron chi connectivity index (χ4n) is 3.48. The molecule has 0 aliphatic carbocycles. The van der Waals surface area contributed by atoms with Gasteiger partial charge in [0.2, 0.25) is 0 Å². The predicted molar refractivity (Wildman–Crippen MR) is 110 cm³/mol. The maximum atomic E-state index is 14.7. The minimum absolute atomic E-state index is 0.0994. The highest BCUT2D eigenvalue weighted by molar-refractivity contribution is 7.90. The van der Waals surface area contributed by atoms with E-state index in [1.54, 1.807) is 54.6 Å². The lowest BCUT2D eigenvalue weighted by Crippen LogP contribution is -2.23. The summed E-state index contributed by atoms with van der Waals surface area (Å²) in [5.41, 5.74) is 7.25. The highest BCUT2D eigenvalue weighted by Crippen LogP contribution is 2.35. The fraction of sp³-hybridized carbons (Fsp3) is 0.0909. The number of benzene rings is 3. The van der Waals surface area contributed by atoms with E-state index in [9.17, 15) is 12.8 Å². The second-order valence-corrected chi connectivity index (χ2v) is 8.33. The van der Waals surface area contributed by atoms with Crippen molar-refractivity contribution >= 4 is 20.9 Å². The van der Waals surface area contributed by atoms with Crippen molar-refractivity contribution < 1.29 is 17.5 Å². The first-order valence-corrected chi connectivity index (χ1v) is 10.4. The van der Waals surface area contributed by atoms with E-state index < -0.39 is 21.9 Å². The molecule has 0 saturated carbocycles. The Labute approximate surface area is 168 Å². The van der Waals surface area contributed by atoms with Crippen LogP contribution in [0.25, 0.3) is 10.9 Å². The summed E-state index contributed by atoms with van der Waals surface area (Å²) in [6, 6.07) is 20.1. The first-order valence-electron chi connectivity index (χ1n) is 8.94. The normalized spacial score (nSPS) is 12.8. The highest BCUT2D eigenvalue weighted by Gasteiger charge is 2.29. The van der Waals surface area contributed by atoms with E-state index >= 15 is 0 Å². The van der Waals surface area contributed by atoms with Crippen LogP contribution >= 0.6 is 0 Å². The summed E-state index contributed by atoms with van der Waals surface area (Å²) in [6.07, 6.45) is 0. The molecule has 0 aliphatic heterocycles. The number of hydrogen-bond donors (Lipinski definition) is 1. The molecule has 2 N–H and O–H groups in total. The summed E-state index contributed by atoms with van der Waals surface area (Å²) in [6.45, 7) is 0. The number of rotatable bonds is 5. The van der Waals surface area contributed by atoms with Crippen molar-refractivity contribution in [2.45, 2.75) is 10.9 Å². The van der Waals surface area contributed by atoms with Gasteiger partial charge in [0.1, 0.15) is 11.6 Å². The van der Waals surface area contributed by atoms with Crippen molar-refractivity contribution in [3.63, 3.8) is 0 Å². The Bertz CT molecular complexity index is 1280. The highest BCUT2D eigenvalue weighted by atomic mass is 32.2. The van der Waals surface area contributed by atoms with E-state index in [0.717, 1.165) is 0 Å². The standard InChI is InChI=1S/C22H19FN2O3S/c1-28-20-13-7-11-17(23)21(20)22(24)19-14-15-8-5-6-12-18(15)25(19)29(26,27)16-9-3-2-4-10-16/h2-14,22H,24H2,1H3. The lowest BCUT2D eigenvalue weighted by atomic mass is 10.0. The molecule has 3 aromatic carbocycles. The molecule has 148 valence electrons. The number of aromatic nitrogens is 1. The van der Waals surface area contributed by atoms with Gasteiger partial charge in [-0.3, -0.25) is 0 Å². The van der Waals surface area contributed by atoms with Gasteiger partial charge in [-0.15, -0.1) is 0 Å². The van der Waals surface area contributed by atoms with Gasteiger partial charge in [0.25, 0.3) is 10.0 Å². The lowest BCUT2D eigenvalue weighted by Gasteiger charge is -2.19. The second kappa shape index (κ2) is 7.35. The number of para-hydroxylation sites is 1. The minimum Gasteiger partial charge on any atom is -0.496 e. The third-order valence-corrected chi connectivity index (χ3v) is 6.59. The third-order valence-electron chi connectivity index (χ3n) is 4.84. The van der Waals surface area contributed by atoms with Gasteiger partial charge in [0, 0.05) is 5.39 Å². The number of nitrogens with two attached hydrogens (primary N) is 1. The van der Waals surface area contributed by atoms with Crippen LogP contribution in [-0.4, -0.2) is 19.5 Å². The largest absolute Gasteiger partial charge is 0.496 e. The number of methoxy groups -OCH3 is 1. The summed E-state index contributed by atoms with van der Waals surface area (Å²) in [7, 11) is -2.55. The molecular weight excluding hydrogens is 391 g/mol. The van der Waals surface area contributed by atoms with E-state index in [-0.39, 0.29) is 21.9 Å². The number of nitrogens with zero attached hydrogens (tertiary/aromatic N) is 1. The molecule has 0 spiro atoms. The summed E-state index contributed by atoms with van der Waals surface area (Å²) in [5, 5.41) is 0.688. The Morgan fingerprint density at radius 2 is 1.66 bits per heavy atom. The van der Waals surface area contributed by atoms with Gasteiger partial charge in [-0.1, -0.05) is 42.5 Å². The average molecular weight is 410 g/mol. The fourth-order valence-corrected chi connectivity index (χ4v) is 5.06. The van der Waals surface area contributed by atoms with E-state index in [0.29, 0.717) is 10.9 Å². The zero-order chi connectivity index (χ0) is 20.6. The molecule has 29 heavy (non-hydrogen) atoms. The number of ether oxygens (including phenoxy) is 1. The summed E-state index contributed by atoms with van der Waals surface area (Å²) in [4.78, 5) is 0.121. The van der Waals surface area contributed by atoms with Gasteiger partial charge in [-0.05, 0) is 36.4 Å². The van der Waals surface area contributed by atoms with Crippen molar-refractivity contribution in [2.24, 2.45) is 5.73 Å². The number of fused-ring (bicyclic) bond motifs is 1. The molecule has 1 aromatic heterocycles. The van der Waals surface area contributed by atoms with E-state index in [4.69, 9.17) is 10.5 Å². The van der Waals surface area contributed by atoms with Crippen LogP contribution in [0.1, 0.15) is 17.3 Å². The average Bonchev–Trinajstić information content (AvgIpc) is 3.14. The van der Waals surface area contributed by atoms with Crippen LogP contribution < -0.4 is 10.5 Å². The second-order valence-electron chi connectivity index (χ2n) is 6.54. The Balaban J connectivity index is 2.01. The van der Waals surface area contributed by atoms with Crippen LogP contribution in [0.5, 0.6) is 5.75 Å². The van der Waals surface area contributed by atoms with Crippen LogP contribution in [0.2, 0.25) is 0 Å². The summed E-state index contributed by atoms with van der Waals surface area (Å²) >= 11 is 0. The molecule has 5 nitrogen and oxygen atoms in total. The summed E-state index contributed by atoms with van der Waals surface area (Å²) in [5.74, 6) is -0.308. The molecule has 1 heterocycles. The van der Waals surface area contributed by atoms with E-state index in [1.165, 1.54) is 35.3 Å². The SMILES string of the molecule is COc1cccc(F)c1C(N)c1cc2ccccc2n1S(=O)(=O)c1ccccc1. The molecule has 0 bridgehead atoms. The molecule has 0 amide bonds. The van der Waals surface area contributed by atoms with E-state index in [2.05, 4.69) is 0 Å². The quantitative estimate of drug-likeness (QED) is 0.538. The predicted octanol–water partition coefficient (Wildman–Crippen LogP) is 4.07. The van der Waals surface area contributed by atoms with Crippen molar-refractivity contribution in [3.05, 3.63) is 95.9 Å². The van der Waals surface area contributed by atoms with Gasteiger partial charge >= 0.3 is 0 Å². The van der Waals surface area contributed by atoms with Gasteiger partial charge in [0.05, 0.1) is 34.8 Å². The van der Waals surface area contributed by atoms with Crippen molar-refractivity contribution in [1.82, 2.24) is 3.97 Å². The summed E-state index contributed by atoms with van der Waals surface area (Å²) < 4.78 is 48.1. The zero-order valence-corrected chi connectivity index (χ0v) is 16.4. The maximum Gasteiger partial charge on any atom is 0.268 e. The molecule has 0 radical (unpaired) electrons. The molecule has 0 aliphatic rings. The topological polar surface area (TPSA) is 74.3 Å². The number of hydrogen-bond acceptors (Lipinski definition) is 4. The van der Waals surface area contributed by atoms with Crippen LogP contribution in [0.15, 0.2) is 83.8 Å². The first kappa shape index (κ1) is 19.2. The molecule has 0 saturated heterocycles. The van der Waals surface area contributed by atoms with Crippen molar-refractivity contribution in [1.29, 1.82) is 0 Å². The molecular formula is C22H19FN2O3S. The zero-order valence-electron chi connectivity index (χ0n) is 15.6. The van der Waals surface area contributed by atoms with Crippen LogP contribution in [0.3, 0.4) is 0 Å². The molecule has 1 atom stereocenters. The minimum atomic E-state index is -3.96. The Morgan fingerprint density at radius 3 is 2.38 bits per heavy atom. The van der Waals surface area contributed by atoms with Crippen LogP contribution in [0.4, 0.5) is 4.39 Å². The Hall–Kier alpha value is -3.16. The molecule has 4 rings (SSSR count). The van der Waals surface area contributed by atoms with E-state index in [1.807, 2.05) is 0 Å². The molecule has 7 heteroatoms. The van der Waals surface area contributed by atoms with Crippen molar-refractivity contribution in [2.75, 3.05) is 7.11 Å². The smallest absolute Gasteiger partial charge is 0.268 e. The van der Waals surface area contributed by atoms with Gasteiger partial charge in [0.15, 0.2) is 0 Å². The third kappa shape index (κ3) is 3.18. The molecule has 1 unspecified atom stereocenters. The molecule has 4 aromatic rings. The van der Waals surface area contributed by atoms with Gasteiger partial charge in [-0.2, -0.15) is 0 Å². The Kier molecular flexibility index (Phi) is 4.86. The van der Waals surface area contributed by atoms with Gasteiger partial charge in [-0.25, -0.2) is 16.8 Å². The monoisotopic (exact) mass is 410 g/mol. The lowest BCUT2D eigenvalue weighted by molar-refractivity contribution is 0.401. The molecule has 0 fully saturated rings. The van der Waals surface area contributed by atoms with Crippen molar-refractivity contribution in [3.8, 4) is 5.75 Å². The maximum absolute atomic E-state index is 14.7. The Morgan fingerprint density at radius 1 is 0.966 bits per heavy atom. The first-order chi connectivity index (χ1) is 13.9. The number of halogens is 1. The van der Waals surface area contributed by atoms with Crippen LogP contribution in [-0.2, 0) is 10.0 Å².